The third-order valence-electron chi connectivity index (χ3n) is 11.2. The molecule has 0 radical (unpaired) electrons. The molecule has 4 heterocycles. The number of carboxylic acid groups (broad SMARTS) is 1. The summed E-state index contributed by atoms with van der Waals surface area (Å²) in [7, 11) is 0. The molecule has 4 aromatic heterocycles. The Balaban J connectivity index is 1.02. The van der Waals surface area contributed by atoms with Crippen molar-refractivity contribution in [1.82, 2.24) is 19.1 Å². The number of fused-ring (bicyclic) bond motifs is 2. The van der Waals surface area contributed by atoms with Gasteiger partial charge in [-0.1, -0.05) is 12.1 Å². The van der Waals surface area contributed by atoms with Crippen LogP contribution in [-0.2, 0) is 27.3 Å². The summed E-state index contributed by atoms with van der Waals surface area (Å²) in [6, 6.07) is 16.9. The highest BCUT2D eigenvalue weighted by Gasteiger charge is 2.26. The first-order valence-electron chi connectivity index (χ1n) is 22.5. The van der Waals surface area contributed by atoms with E-state index in [4.69, 9.17) is 32.5 Å². The van der Waals surface area contributed by atoms with Gasteiger partial charge in [0.1, 0.15) is 108 Å². The number of rotatable bonds is 21. The van der Waals surface area contributed by atoms with Crippen molar-refractivity contribution in [3.8, 4) is 23.0 Å². The van der Waals surface area contributed by atoms with Crippen LogP contribution in [0, 0.1) is 34.1 Å². The number of hydrogen-bond acceptors (Lipinski definition) is 23. The second-order valence-electron chi connectivity index (χ2n) is 16.2. The van der Waals surface area contributed by atoms with Gasteiger partial charge in [0.15, 0.2) is 28.6 Å². The van der Waals surface area contributed by atoms with Crippen LogP contribution in [0.5, 0.6) is 23.0 Å². The minimum atomic E-state index is -1.46. The molecule has 0 saturated carbocycles. The average Bonchev–Trinajstić information content (AvgIpc) is 3.97. The van der Waals surface area contributed by atoms with Crippen molar-refractivity contribution >= 4 is 68.8 Å². The van der Waals surface area contributed by atoms with Crippen LogP contribution in [0.15, 0.2) is 126 Å². The molecule has 0 amide bonds. The Kier molecular flexibility index (Phi) is 15.4. The van der Waals surface area contributed by atoms with Crippen molar-refractivity contribution in [2.75, 3.05) is 26.4 Å². The number of azo groups is 1. The number of carbonyl (C=O) groups is 4. The number of hydrogen-bond donors (Lipinski definition) is 3. The SMILES string of the molecule is Cc1ncc([N+](=O)[O-])n1CCOC(=O)c1cc(=O)c2c(OCC(COc3cccc4oc(C(=O)OCCn5c([N+](=O)[O-])cnc5C)cc(=O)c34)OC(=O)c3cc(N=Nc4ccc(O)c(C(=O)O)c4)ccc3O)cccc2o1. The van der Waals surface area contributed by atoms with Gasteiger partial charge in [-0.2, -0.15) is 10.2 Å². The van der Waals surface area contributed by atoms with Crippen LogP contribution < -0.4 is 20.3 Å². The monoisotopic (exact) mass is 1060 g/mol. The highest BCUT2D eigenvalue weighted by atomic mass is 16.6. The fraction of sp³-hybridized carbons (Fsp3) is 0.184. The minimum Gasteiger partial charge on any atom is -0.507 e. The van der Waals surface area contributed by atoms with E-state index in [0.29, 0.717) is 11.6 Å². The molecule has 77 heavy (non-hydrogen) atoms. The zero-order chi connectivity index (χ0) is 55.1. The third kappa shape index (κ3) is 11.9. The molecule has 8 rings (SSSR count). The maximum atomic E-state index is 13.9. The summed E-state index contributed by atoms with van der Waals surface area (Å²) in [5.74, 6) is -7.16. The summed E-state index contributed by atoms with van der Waals surface area (Å²) in [5, 5.41) is 60.4. The Morgan fingerprint density at radius 2 is 1.09 bits per heavy atom. The molecule has 0 aliphatic carbocycles. The first kappa shape index (κ1) is 52.5. The molecular formula is C49H38N8O20. The lowest BCUT2D eigenvalue weighted by atomic mass is 10.1. The van der Waals surface area contributed by atoms with Gasteiger partial charge in [-0.05, 0) is 70.5 Å². The zero-order valence-corrected chi connectivity index (χ0v) is 39.9. The number of aromatic carboxylic acids is 1. The van der Waals surface area contributed by atoms with Crippen molar-refractivity contribution in [1.29, 1.82) is 0 Å². The van der Waals surface area contributed by atoms with E-state index in [9.17, 15) is 64.3 Å². The number of nitro groups is 2. The van der Waals surface area contributed by atoms with E-state index in [-0.39, 0.29) is 82.8 Å². The number of aromatic nitrogens is 4. The van der Waals surface area contributed by atoms with Crippen molar-refractivity contribution in [2.24, 2.45) is 10.2 Å². The number of nitrogens with zero attached hydrogens (tertiary/aromatic N) is 8. The molecule has 0 atom stereocenters. The summed E-state index contributed by atoms with van der Waals surface area (Å²) in [6.45, 7) is 0.883. The van der Waals surface area contributed by atoms with Gasteiger partial charge >= 0.3 is 35.5 Å². The van der Waals surface area contributed by atoms with E-state index < -0.39 is 98.0 Å². The topological polar surface area (TPSA) is 382 Å². The molecule has 28 heteroatoms. The minimum absolute atomic E-state index is 0.0162. The lowest BCUT2D eigenvalue weighted by Gasteiger charge is -2.20. The Bertz CT molecular complexity index is 3640. The lowest BCUT2D eigenvalue weighted by molar-refractivity contribution is -0.392. The zero-order valence-electron chi connectivity index (χ0n) is 39.9. The van der Waals surface area contributed by atoms with E-state index in [1.54, 1.807) is 0 Å². The molecule has 0 aliphatic rings. The van der Waals surface area contributed by atoms with Gasteiger partial charge in [0, 0.05) is 26.0 Å². The predicted octanol–water partition coefficient (Wildman–Crippen LogP) is 6.65. The molecule has 4 aromatic carbocycles. The fourth-order valence-corrected chi connectivity index (χ4v) is 7.48. The standard InChI is InChI=1S/C49H38N8O20/c1-25-50-21-42(56(67)68)54(25)13-15-71-48(65)40-19-34(60)44-36(5-3-7-38(44)76-40)73-23-29(75-47(64)31-18-28(10-12-33(31)59)53-52-27-9-11-32(58)30(17-27)46(62)63)24-74-37-6-4-8-39-45(37)35(61)20-41(77-39)49(66)72-16-14-55-26(2)51-22-43(55)57(69)70/h3-12,17-22,29,58-59H,13-16,23-24H2,1-2H3,(H,62,63). The van der Waals surface area contributed by atoms with Crippen LogP contribution in [0.4, 0.5) is 23.0 Å². The summed E-state index contributed by atoms with van der Waals surface area (Å²) in [5.41, 5.74) is -2.73. The first-order chi connectivity index (χ1) is 36.9. The Hall–Kier alpha value is -10.8. The number of phenolic OH excluding ortho intramolecular Hbond substituents is 1. The number of esters is 3. The number of imidazole rings is 2. The van der Waals surface area contributed by atoms with Crippen molar-refractivity contribution in [3.05, 3.63) is 172 Å². The Morgan fingerprint density at radius 3 is 1.53 bits per heavy atom. The second-order valence-corrected chi connectivity index (χ2v) is 16.2. The summed E-state index contributed by atoms with van der Waals surface area (Å²) in [6.07, 6.45) is 0.650. The number of phenols is 2. The van der Waals surface area contributed by atoms with E-state index >= 15 is 0 Å². The fourth-order valence-electron chi connectivity index (χ4n) is 7.48. The normalized spacial score (nSPS) is 11.3. The van der Waals surface area contributed by atoms with Crippen molar-refractivity contribution in [3.63, 3.8) is 0 Å². The van der Waals surface area contributed by atoms with Gasteiger partial charge in [-0.15, -0.1) is 0 Å². The summed E-state index contributed by atoms with van der Waals surface area (Å²) in [4.78, 5) is 108. The number of carbonyl (C=O) groups excluding carboxylic acids is 3. The highest BCUT2D eigenvalue weighted by molar-refractivity contribution is 5.94. The summed E-state index contributed by atoms with van der Waals surface area (Å²) < 4.78 is 42.2. The quantitative estimate of drug-likeness (QED) is 0.0223. The molecular weight excluding hydrogens is 1020 g/mol. The smallest absolute Gasteiger partial charge is 0.374 e. The van der Waals surface area contributed by atoms with Crippen molar-refractivity contribution in [2.45, 2.75) is 33.0 Å². The molecule has 0 aliphatic heterocycles. The van der Waals surface area contributed by atoms with E-state index in [2.05, 4.69) is 20.2 Å². The van der Waals surface area contributed by atoms with Crippen LogP contribution in [0.2, 0.25) is 0 Å². The lowest BCUT2D eigenvalue weighted by Crippen LogP contribution is -2.31. The number of benzene rings is 4. The number of aromatic hydroxyl groups is 2. The number of ether oxygens (including phenoxy) is 5. The first-order valence-corrected chi connectivity index (χ1v) is 22.5. The van der Waals surface area contributed by atoms with Gasteiger partial charge in [-0.25, -0.2) is 38.3 Å². The Morgan fingerprint density at radius 1 is 0.649 bits per heavy atom. The predicted molar refractivity (Wildman–Crippen MR) is 260 cm³/mol. The van der Waals surface area contributed by atoms with E-state index in [0.717, 1.165) is 48.8 Å². The Labute approximate surface area is 428 Å². The molecule has 0 saturated heterocycles. The maximum absolute atomic E-state index is 13.9. The largest absolute Gasteiger partial charge is 0.507 e. The van der Waals surface area contributed by atoms with Crippen LogP contribution in [0.25, 0.3) is 21.9 Å². The van der Waals surface area contributed by atoms with Gasteiger partial charge < -0.3 is 68.1 Å². The number of aryl methyl sites for hydroxylation is 2. The molecule has 0 bridgehead atoms. The molecule has 0 spiro atoms. The van der Waals surface area contributed by atoms with Crippen LogP contribution in [0.3, 0.4) is 0 Å². The molecule has 3 N–H and O–H groups in total. The van der Waals surface area contributed by atoms with Gasteiger partial charge in [0.05, 0.1) is 11.4 Å². The average molecular weight is 1060 g/mol. The van der Waals surface area contributed by atoms with Gasteiger partial charge in [0.25, 0.3) is 0 Å². The molecule has 394 valence electrons. The molecule has 28 nitrogen and oxygen atoms in total. The molecule has 8 aromatic rings. The molecule has 0 fully saturated rings. The maximum Gasteiger partial charge on any atom is 0.374 e. The highest BCUT2D eigenvalue weighted by Crippen LogP contribution is 2.30. The van der Waals surface area contributed by atoms with Crippen molar-refractivity contribution < 1.29 is 76.9 Å². The van der Waals surface area contributed by atoms with E-state index in [1.807, 2.05) is 0 Å². The van der Waals surface area contributed by atoms with E-state index in [1.165, 1.54) is 71.5 Å². The van der Waals surface area contributed by atoms with Gasteiger partial charge in [-0.3, -0.25) is 9.59 Å². The number of carboxylic acids is 1. The van der Waals surface area contributed by atoms with Crippen LogP contribution in [0.1, 0.15) is 53.5 Å². The second kappa shape index (κ2) is 22.5. The third-order valence-corrected chi connectivity index (χ3v) is 11.2. The van der Waals surface area contributed by atoms with Gasteiger partial charge in [0.2, 0.25) is 11.5 Å². The summed E-state index contributed by atoms with van der Waals surface area (Å²) >= 11 is 0. The molecule has 0 unspecified atom stereocenters. The van der Waals surface area contributed by atoms with Crippen LogP contribution >= 0.6 is 0 Å². The van der Waals surface area contributed by atoms with Crippen LogP contribution in [-0.4, -0.2) is 101 Å².